The van der Waals surface area contributed by atoms with Gasteiger partial charge in [0.25, 0.3) is 0 Å². The van der Waals surface area contributed by atoms with Gasteiger partial charge >= 0.3 is 0 Å². The minimum absolute atomic E-state index is 0. The van der Waals surface area contributed by atoms with Crippen LogP contribution in [0.1, 0.15) is 154 Å². The van der Waals surface area contributed by atoms with Crippen LogP contribution in [0.25, 0.3) is 0 Å². The number of hydrogen-bond acceptors (Lipinski definition) is 2. The summed E-state index contributed by atoms with van der Waals surface area (Å²) in [6.45, 7) is 13.6. The Labute approximate surface area is 268 Å². The molecule has 0 aliphatic rings. The summed E-state index contributed by atoms with van der Waals surface area (Å²) in [5.74, 6) is 0. The Morgan fingerprint density at radius 2 is 0.707 bits per heavy atom. The molecule has 0 heterocycles. The number of aliphatic imine (C=N–C) groups is 2. The molecule has 0 N–H and O–H groups in total. The summed E-state index contributed by atoms with van der Waals surface area (Å²) < 4.78 is 0. The van der Waals surface area contributed by atoms with Crippen molar-refractivity contribution >= 4 is 22.8 Å². The molecule has 0 fully saturated rings. The van der Waals surface area contributed by atoms with E-state index >= 15 is 0 Å². The van der Waals surface area contributed by atoms with E-state index in [0.29, 0.717) is 0 Å². The maximum atomic E-state index is 5.41. The minimum Gasteiger partial charge on any atom is -0.252 e. The van der Waals surface area contributed by atoms with Crippen molar-refractivity contribution < 1.29 is 20.4 Å². The normalized spacial score (nSPS) is 12.0. The van der Waals surface area contributed by atoms with Crippen LogP contribution in [-0.2, 0) is 46.1 Å². The molecule has 0 saturated heterocycles. The van der Waals surface area contributed by atoms with Gasteiger partial charge in [-0.2, -0.15) is 0 Å². The molecule has 0 bridgehead atoms. The van der Waals surface area contributed by atoms with E-state index in [1.165, 1.54) is 111 Å². The average Bonchev–Trinajstić information content (AvgIpc) is 2.98. The summed E-state index contributed by atoms with van der Waals surface area (Å²) >= 11 is 0. The molecule has 0 aliphatic carbocycles. The van der Waals surface area contributed by atoms with Crippen LogP contribution in [0.4, 0.5) is 11.4 Å². The van der Waals surface area contributed by atoms with Crippen molar-refractivity contribution in [3.63, 3.8) is 0 Å². The third-order valence-electron chi connectivity index (χ3n) is 8.10. The standard InChI is InChI=1S/C38H60N2.Pd/c1-7-13-15-17-19-21-23-37(39-35-27-31(9-3)25-32(10-4)28-35)38(24-22-20-18-16-14-8-2)40-36-29-33(11-5)26-34(12-6)30-36;/h25-30H,7-24H2,1-6H3;. The molecule has 0 spiro atoms. The van der Waals surface area contributed by atoms with Crippen molar-refractivity contribution in [2.75, 3.05) is 0 Å². The van der Waals surface area contributed by atoms with E-state index in [0.717, 1.165) is 49.9 Å². The third-order valence-corrected chi connectivity index (χ3v) is 8.10. The monoisotopic (exact) mass is 650 g/mol. The molecule has 0 radical (unpaired) electrons. The molecular formula is C38H60N2Pd. The molecule has 0 atom stereocenters. The number of benzene rings is 2. The Balaban J connectivity index is 0.00000840. The fourth-order valence-corrected chi connectivity index (χ4v) is 5.42. The van der Waals surface area contributed by atoms with Crippen molar-refractivity contribution in [2.45, 2.75) is 157 Å². The Morgan fingerprint density at radius 1 is 0.415 bits per heavy atom. The van der Waals surface area contributed by atoms with Crippen LogP contribution < -0.4 is 0 Å². The Bertz CT molecular complexity index is 909. The Kier molecular flexibility index (Phi) is 21.0. The molecule has 2 nitrogen and oxygen atoms in total. The summed E-state index contributed by atoms with van der Waals surface area (Å²) in [4.78, 5) is 10.8. The second kappa shape index (κ2) is 23.0. The first-order chi connectivity index (χ1) is 19.6. The van der Waals surface area contributed by atoms with Crippen LogP contribution in [0.3, 0.4) is 0 Å². The van der Waals surface area contributed by atoms with Crippen LogP contribution in [0.5, 0.6) is 0 Å². The quantitative estimate of drug-likeness (QED) is 0.0729. The van der Waals surface area contributed by atoms with Crippen LogP contribution in [0.15, 0.2) is 46.4 Å². The van der Waals surface area contributed by atoms with E-state index in [1.54, 1.807) is 0 Å². The number of rotatable bonds is 21. The predicted molar refractivity (Wildman–Crippen MR) is 181 cm³/mol. The number of hydrogen-bond donors (Lipinski definition) is 0. The SMILES string of the molecule is CCCCCCCCC(=Nc1cc(CC)cc(CC)c1)C(CCCCCCCC)=Nc1cc(CC)cc(CC)c1.[Pd]. The molecule has 0 aromatic heterocycles. The first-order valence-electron chi connectivity index (χ1n) is 17.0. The van der Waals surface area contributed by atoms with Gasteiger partial charge in [-0.3, -0.25) is 9.98 Å². The van der Waals surface area contributed by atoms with Gasteiger partial charge in [0.2, 0.25) is 0 Å². The molecule has 41 heavy (non-hydrogen) atoms. The van der Waals surface area contributed by atoms with Gasteiger partial charge in [0.15, 0.2) is 0 Å². The summed E-state index contributed by atoms with van der Waals surface area (Å²) in [6, 6.07) is 13.9. The van der Waals surface area contributed by atoms with E-state index in [-0.39, 0.29) is 20.4 Å². The van der Waals surface area contributed by atoms with Crippen molar-refractivity contribution in [1.82, 2.24) is 0 Å². The first-order valence-corrected chi connectivity index (χ1v) is 17.0. The fraction of sp³-hybridized carbons (Fsp3) is 0.632. The average molecular weight is 651 g/mol. The van der Waals surface area contributed by atoms with E-state index in [1.807, 2.05) is 0 Å². The van der Waals surface area contributed by atoms with Gasteiger partial charge in [0.1, 0.15) is 0 Å². The number of nitrogens with zero attached hydrogens (tertiary/aromatic N) is 2. The van der Waals surface area contributed by atoms with Crippen LogP contribution in [0, 0.1) is 0 Å². The molecule has 0 unspecified atom stereocenters. The largest absolute Gasteiger partial charge is 0.252 e. The molecule has 0 amide bonds. The summed E-state index contributed by atoms with van der Waals surface area (Å²) in [5.41, 5.74) is 10.2. The van der Waals surface area contributed by atoms with Gasteiger partial charge in [0.05, 0.1) is 22.8 Å². The van der Waals surface area contributed by atoms with E-state index in [4.69, 9.17) is 9.98 Å². The molecule has 2 aromatic carbocycles. The molecule has 3 heteroatoms. The zero-order valence-corrected chi connectivity index (χ0v) is 29.0. The van der Waals surface area contributed by atoms with Gasteiger partial charge in [-0.25, -0.2) is 0 Å². The summed E-state index contributed by atoms with van der Waals surface area (Å²) in [6.07, 6.45) is 21.8. The smallest absolute Gasteiger partial charge is 0.0639 e. The zero-order valence-electron chi connectivity index (χ0n) is 27.4. The second-order valence-corrected chi connectivity index (χ2v) is 11.6. The van der Waals surface area contributed by atoms with Crippen LogP contribution >= 0.6 is 0 Å². The molecule has 232 valence electrons. The van der Waals surface area contributed by atoms with Gasteiger partial charge in [0, 0.05) is 20.4 Å². The van der Waals surface area contributed by atoms with Gasteiger partial charge < -0.3 is 0 Å². The third kappa shape index (κ3) is 14.9. The van der Waals surface area contributed by atoms with Crippen LogP contribution in [0.2, 0.25) is 0 Å². The molecule has 0 aliphatic heterocycles. The van der Waals surface area contributed by atoms with Crippen molar-refractivity contribution in [3.8, 4) is 0 Å². The molecule has 2 aromatic rings. The fourth-order valence-electron chi connectivity index (χ4n) is 5.42. The number of aryl methyl sites for hydroxylation is 4. The van der Waals surface area contributed by atoms with E-state index in [2.05, 4.69) is 77.9 Å². The number of unbranched alkanes of at least 4 members (excludes halogenated alkanes) is 10. The van der Waals surface area contributed by atoms with Crippen molar-refractivity contribution in [2.24, 2.45) is 9.98 Å². The second-order valence-electron chi connectivity index (χ2n) is 11.6. The van der Waals surface area contributed by atoms with Crippen LogP contribution in [-0.4, -0.2) is 11.4 Å². The first kappa shape index (κ1) is 37.5. The molecular weight excluding hydrogens is 591 g/mol. The van der Waals surface area contributed by atoms with Gasteiger partial charge in [-0.15, -0.1) is 0 Å². The Morgan fingerprint density at radius 3 is 1.00 bits per heavy atom. The topological polar surface area (TPSA) is 24.7 Å². The predicted octanol–water partition coefficient (Wildman–Crippen LogP) is 12.3. The maximum absolute atomic E-state index is 5.41. The van der Waals surface area contributed by atoms with Crippen molar-refractivity contribution in [1.29, 1.82) is 0 Å². The summed E-state index contributed by atoms with van der Waals surface area (Å²) in [7, 11) is 0. The molecule has 2 rings (SSSR count). The Hall–Kier alpha value is -1.56. The van der Waals surface area contributed by atoms with E-state index < -0.39 is 0 Å². The van der Waals surface area contributed by atoms with Crippen molar-refractivity contribution in [3.05, 3.63) is 58.7 Å². The zero-order chi connectivity index (χ0) is 29.0. The van der Waals surface area contributed by atoms with Gasteiger partial charge in [-0.1, -0.05) is 118 Å². The van der Waals surface area contributed by atoms with E-state index in [9.17, 15) is 0 Å². The maximum Gasteiger partial charge on any atom is 0.0639 e. The van der Waals surface area contributed by atoms with Gasteiger partial charge in [-0.05, 0) is 97.9 Å². The molecule has 0 saturated carbocycles. The minimum atomic E-state index is 0. The summed E-state index contributed by atoms with van der Waals surface area (Å²) in [5, 5.41) is 0.